The molecule has 0 atom stereocenters. The van der Waals surface area contributed by atoms with Crippen molar-refractivity contribution >= 4 is 17.1 Å². The SMILES string of the molecule is CCn1nc(C(=O)O)c(-c2ccc3ncoc3c2)n1. The minimum Gasteiger partial charge on any atom is -0.476 e. The Bertz CT molecular complexity index is 759. The number of fused-ring (bicyclic) bond motifs is 1. The monoisotopic (exact) mass is 258 g/mol. The van der Waals surface area contributed by atoms with Crippen LogP contribution in [0.2, 0.25) is 0 Å². The average molecular weight is 258 g/mol. The van der Waals surface area contributed by atoms with E-state index in [1.165, 1.54) is 11.2 Å². The van der Waals surface area contributed by atoms with Gasteiger partial charge in [-0.15, -0.1) is 5.10 Å². The normalized spacial score (nSPS) is 11.0. The van der Waals surface area contributed by atoms with Gasteiger partial charge in [0.2, 0.25) is 0 Å². The van der Waals surface area contributed by atoms with Crippen LogP contribution in [0.5, 0.6) is 0 Å². The van der Waals surface area contributed by atoms with Gasteiger partial charge in [0, 0.05) is 5.56 Å². The molecule has 1 aromatic carbocycles. The number of hydrogen-bond donors (Lipinski definition) is 1. The summed E-state index contributed by atoms with van der Waals surface area (Å²) in [6.45, 7) is 2.35. The summed E-state index contributed by atoms with van der Waals surface area (Å²) in [5, 5.41) is 17.3. The molecule has 1 N–H and O–H groups in total. The largest absolute Gasteiger partial charge is 0.476 e. The van der Waals surface area contributed by atoms with Crippen molar-refractivity contribution in [3.8, 4) is 11.3 Å². The van der Waals surface area contributed by atoms with Gasteiger partial charge in [-0.1, -0.05) is 6.07 Å². The summed E-state index contributed by atoms with van der Waals surface area (Å²) in [6.07, 6.45) is 1.34. The minimum atomic E-state index is -1.10. The van der Waals surface area contributed by atoms with E-state index in [-0.39, 0.29) is 5.69 Å². The second-order valence-electron chi connectivity index (χ2n) is 3.93. The number of aromatic carboxylic acids is 1. The topological polar surface area (TPSA) is 94.0 Å². The van der Waals surface area contributed by atoms with Crippen LogP contribution in [-0.4, -0.2) is 31.1 Å². The predicted molar refractivity (Wildman–Crippen MR) is 65.7 cm³/mol. The first kappa shape index (κ1) is 11.4. The number of nitrogens with zero attached hydrogens (tertiary/aromatic N) is 4. The highest BCUT2D eigenvalue weighted by atomic mass is 16.4. The fourth-order valence-electron chi connectivity index (χ4n) is 1.83. The quantitative estimate of drug-likeness (QED) is 0.769. The maximum Gasteiger partial charge on any atom is 0.358 e. The Morgan fingerprint density at radius 1 is 1.42 bits per heavy atom. The number of rotatable bonds is 3. The molecule has 19 heavy (non-hydrogen) atoms. The van der Waals surface area contributed by atoms with Crippen LogP contribution in [0.15, 0.2) is 29.0 Å². The van der Waals surface area contributed by atoms with Gasteiger partial charge >= 0.3 is 5.97 Å². The molecule has 0 radical (unpaired) electrons. The van der Waals surface area contributed by atoms with Gasteiger partial charge < -0.3 is 9.52 Å². The third kappa shape index (κ3) is 1.85. The van der Waals surface area contributed by atoms with Crippen molar-refractivity contribution in [2.45, 2.75) is 13.5 Å². The molecule has 0 bridgehead atoms. The van der Waals surface area contributed by atoms with Gasteiger partial charge in [0.1, 0.15) is 11.2 Å². The van der Waals surface area contributed by atoms with Gasteiger partial charge in [0.25, 0.3) is 0 Å². The zero-order valence-corrected chi connectivity index (χ0v) is 10.1. The molecule has 3 rings (SSSR count). The molecule has 0 fully saturated rings. The molecule has 2 aromatic heterocycles. The Hall–Kier alpha value is -2.70. The lowest BCUT2D eigenvalue weighted by atomic mass is 10.1. The number of benzene rings is 1. The van der Waals surface area contributed by atoms with Crippen molar-refractivity contribution in [2.24, 2.45) is 0 Å². The molecule has 0 spiro atoms. The molecular formula is C12H10N4O3. The van der Waals surface area contributed by atoms with E-state index in [9.17, 15) is 4.79 Å². The summed E-state index contributed by atoms with van der Waals surface area (Å²) in [6, 6.07) is 5.21. The number of carbonyl (C=O) groups is 1. The lowest BCUT2D eigenvalue weighted by molar-refractivity contribution is 0.0690. The Morgan fingerprint density at radius 3 is 3.00 bits per heavy atom. The number of carboxylic acid groups (broad SMARTS) is 1. The van der Waals surface area contributed by atoms with Crippen LogP contribution in [0.3, 0.4) is 0 Å². The summed E-state index contributed by atoms with van der Waals surface area (Å²) in [7, 11) is 0. The second kappa shape index (κ2) is 4.20. The highest BCUT2D eigenvalue weighted by Gasteiger charge is 2.19. The summed E-state index contributed by atoms with van der Waals surface area (Å²) in [5.74, 6) is -1.10. The number of aryl methyl sites for hydroxylation is 1. The van der Waals surface area contributed by atoms with E-state index in [0.29, 0.717) is 28.9 Å². The smallest absolute Gasteiger partial charge is 0.358 e. The Kier molecular flexibility index (Phi) is 2.52. The van der Waals surface area contributed by atoms with Crippen LogP contribution in [0.25, 0.3) is 22.4 Å². The van der Waals surface area contributed by atoms with Crippen LogP contribution in [0.1, 0.15) is 17.4 Å². The van der Waals surface area contributed by atoms with Crippen molar-refractivity contribution in [2.75, 3.05) is 0 Å². The van der Waals surface area contributed by atoms with Crippen molar-refractivity contribution in [3.05, 3.63) is 30.3 Å². The Balaban J connectivity index is 2.19. The van der Waals surface area contributed by atoms with E-state index in [1.54, 1.807) is 18.2 Å². The molecule has 0 amide bonds. The van der Waals surface area contributed by atoms with E-state index in [1.807, 2.05) is 6.92 Å². The lowest BCUT2D eigenvalue weighted by Crippen LogP contribution is -2.02. The number of aromatic nitrogens is 4. The fraction of sp³-hybridized carbons (Fsp3) is 0.167. The minimum absolute atomic E-state index is 0.0688. The second-order valence-corrected chi connectivity index (χ2v) is 3.93. The van der Waals surface area contributed by atoms with Gasteiger partial charge in [-0.3, -0.25) is 0 Å². The van der Waals surface area contributed by atoms with Crippen molar-refractivity contribution in [3.63, 3.8) is 0 Å². The molecule has 0 aliphatic rings. The maximum absolute atomic E-state index is 11.2. The molecule has 7 nitrogen and oxygen atoms in total. The zero-order chi connectivity index (χ0) is 13.4. The first-order valence-electron chi connectivity index (χ1n) is 5.71. The van der Waals surface area contributed by atoms with Crippen LogP contribution >= 0.6 is 0 Å². The van der Waals surface area contributed by atoms with E-state index in [0.717, 1.165) is 0 Å². The van der Waals surface area contributed by atoms with Gasteiger partial charge in [-0.2, -0.15) is 9.90 Å². The van der Waals surface area contributed by atoms with E-state index in [4.69, 9.17) is 9.52 Å². The van der Waals surface area contributed by atoms with Crippen LogP contribution in [-0.2, 0) is 6.54 Å². The van der Waals surface area contributed by atoms with Crippen LogP contribution in [0.4, 0.5) is 0 Å². The number of carboxylic acids is 1. The van der Waals surface area contributed by atoms with Gasteiger partial charge in [0.15, 0.2) is 17.7 Å². The van der Waals surface area contributed by atoms with E-state index in [2.05, 4.69) is 15.2 Å². The van der Waals surface area contributed by atoms with Gasteiger partial charge in [-0.05, 0) is 19.1 Å². The van der Waals surface area contributed by atoms with Crippen molar-refractivity contribution in [1.29, 1.82) is 0 Å². The third-order valence-corrected chi connectivity index (χ3v) is 2.75. The molecule has 0 saturated heterocycles. The molecule has 96 valence electrons. The maximum atomic E-state index is 11.2. The Morgan fingerprint density at radius 2 is 2.26 bits per heavy atom. The highest BCUT2D eigenvalue weighted by Crippen LogP contribution is 2.24. The molecule has 0 unspecified atom stereocenters. The van der Waals surface area contributed by atoms with Crippen LogP contribution in [0, 0.1) is 0 Å². The first-order chi connectivity index (χ1) is 9.19. The van der Waals surface area contributed by atoms with E-state index < -0.39 is 5.97 Å². The van der Waals surface area contributed by atoms with Gasteiger partial charge in [-0.25, -0.2) is 9.78 Å². The molecule has 0 saturated carbocycles. The summed E-state index contributed by atoms with van der Waals surface area (Å²) in [4.78, 5) is 16.5. The van der Waals surface area contributed by atoms with Crippen molar-refractivity contribution in [1.82, 2.24) is 20.0 Å². The third-order valence-electron chi connectivity index (χ3n) is 2.75. The summed E-state index contributed by atoms with van der Waals surface area (Å²) in [5.41, 5.74) is 2.19. The lowest BCUT2D eigenvalue weighted by Gasteiger charge is -1.97. The predicted octanol–water partition coefficient (Wildman–Crippen LogP) is 1.80. The number of oxazole rings is 1. The fourth-order valence-corrected chi connectivity index (χ4v) is 1.83. The summed E-state index contributed by atoms with van der Waals surface area (Å²) < 4.78 is 5.20. The molecule has 0 aliphatic heterocycles. The van der Waals surface area contributed by atoms with E-state index >= 15 is 0 Å². The molecular weight excluding hydrogens is 248 g/mol. The molecule has 3 aromatic rings. The average Bonchev–Trinajstić information content (AvgIpc) is 3.04. The molecule has 0 aliphatic carbocycles. The highest BCUT2D eigenvalue weighted by molar-refractivity contribution is 5.93. The van der Waals surface area contributed by atoms with Gasteiger partial charge in [0.05, 0.1) is 6.54 Å². The number of hydrogen-bond acceptors (Lipinski definition) is 5. The first-order valence-corrected chi connectivity index (χ1v) is 5.71. The van der Waals surface area contributed by atoms with Crippen molar-refractivity contribution < 1.29 is 14.3 Å². The van der Waals surface area contributed by atoms with Crippen LogP contribution < -0.4 is 0 Å². The molecule has 7 heteroatoms. The zero-order valence-electron chi connectivity index (χ0n) is 10.1. The summed E-state index contributed by atoms with van der Waals surface area (Å²) >= 11 is 0. The standard InChI is InChI=1S/C12H10N4O3/c1-2-16-14-10(11(15-16)12(17)18)7-3-4-8-9(5-7)19-6-13-8/h3-6H,2H2,1H3,(H,17,18). The molecule has 2 heterocycles. The Labute approximate surface area is 107 Å².